The van der Waals surface area contributed by atoms with Crippen molar-refractivity contribution in [2.75, 3.05) is 20.1 Å². The van der Waals surface area contributed by atoms with Gasteiger partial charge in [-0.1, -0.05) is 31.2 Å². The Balaban J connectivity index is 3.29. The maximum Gasteiger partial charge on any atom is 0.0160 e. The lowest BCUT2D eigenvalue weighted by Gasteiger charge is -2.08. The van der Waals surface area contributed by atoms with E-state index in [2.05, 4.69) is 43.2 Å². The molecule has 0 atom stereocenters. The standard InChI is InChI=1S/C10H19N/c1-4-6-7-8-9-10-11(3)5-2/h4,6,8-9H,5,7,10H2,1-3H3. The summed E-state index contributed by atoms with van der Waals surface area (Å²) in [5, 5.41) is 0. The molecule has 1 nitrogen and oxygen atoms in total. The number of rotatable bonds is 5. The molecule has 0 amide bonds. The van der Waals surface area contributed by atoms with Crippen LogP contribution in [-0.4, -0.2) is 25.0 Å². The van der Waals surface area contributed by atoms with Crippen LogP contribution in [0.4, 0.5) is 0 Å². The molecule has 0 saturated heterocycles. The molecular weight excluding hydrogens is 134 g/mol. The first kappa shape index (κ1) is 10.4. The van der Waals surface area contributed by atoms with Gasteiger partial charge in [0.25, 0.3) is 0 Å². The first-order chi connectivity index (χ1) is 5.31. The molecule has 0 rings (SSSR count). The maximum atomic E-state index is 2.27. The molecule has 0 aliphatic carbocycles. The first-order valence-electron chi connectivity index (χ1n) is 4.26. The van der Waals surface area contributed by atoms with Gasteiger partial charge >= 0.3 is 0 Å². The highest BCUT2D eigenvalue weighted by Gasteiger charge is 1.85. The third kappa shape index (κ3) is 7.34. The van der Waals surface area contributed by atoms with Crippen LogP contribution >= 0.6 is 0 Å². The van der Waals surface area contributed by atoms with E-state index in [1.54, 1.807) is 0 Å². The zero-order valence-electron chi connectivity index (χ0n) is 7.88. The van der Waals surface area contributed by atoms with Crippen LogP contribution in [0.2, 0.25) is 0 Å². The van der Waals surface area contributed by atoms with Crippen LogP contribution in [0.15, 0.2) is 24.3 Å². The summed E-state index contributed by atoms with van der Waals surface area (Å²) >= 11 is 0. The summed E-state index contributed by atoms with van der Waals surface area (Å²) in [7, 11) is 2.12. The largest absolute Gasteiger partial charge is 0.303 e. The van der Waals surface area contributed by atoms with Gasteiger partial charge < -0.3 is 4.90 Å². The zero-order chi connectivity index (χ0) is 8.53. The normalized spacial score (nSPS) is 12.4. The van der Waals surface area contributed by atoms with Gasteiger partial charge in [0.2, 0.25) is 0 Å². The van der Waals surface area contributed by atoms with Crippen molar-refractivity contribution in [3.63, 3.8) is 0 Å². The van der Waals surface area contributed by atoms with Crippen molar-refractivity contribution in [2.24, 2.45) is 0 Å². The number of hydrogen-bond acceptors (Lipinski definition) is 1. The number of allylic oxidation sites excluding steroid dienone is 3. The monoisotopic (exact) mass is 153 g/mol. The maximum absolute atomic E-state index is 2.27. The minimum Gasteiger partial charge on any atom is -0.303 e. The first-order valence-corrected chi connectivity index (χ1v) is 4.26. The minimum atomic E-state index is 1.06. The Morgan fingerprint density at radius 1 is 1.18 bits per heavy atom. The van der Waals surface area contributed by atoms with E-state index in [1.165, 1.54) is 0 Å². The minimum absolute atomic E-state index is 1.06. The summed E-state index contributed by atoms with van der Waals surface area (Å²) in [6.45, 7) is 6.40. The van der Waals surface area contributed by atoms with Crippen LogP contribution in [0.25, 0.3) is 0 Å². The van der Waals surface area contributed by atoms with Gasteiger partial charge in [-0.3, -0.25) is 0 Å². The van der Waals surface area contributed by atoms with Crippen molar-refractivity contribution in [3.8, 4) is 0 Å². The summed E-state index contributed by atoms with van der Waals surface area (Å²) in [5.41, 5.74) is 0. The van der Waals surface area contributed by atoms with E-state index in [0.717, 1.165) is 19.5 Å². The SMILES string of the molecule is CC=CCC=CCN(C)CC. The Morgan fingerprint density at radius 2 is 1.91 bits per heavy atom. The van der Waals surface area contributed by atoms with E-state index in [9.17, 15) is 0 Å². The van der Waals surface area contributed by atoms with E-state index in [0.29, 0.717) is 0 Å². The fourth-order valence-corrected chi connectivity index (χ4v) is 0.694. The molecule has 0 fully saturated rings. The predicted molar refractivity (Wildman–Crippen MR) is 51.7 cm³/mol. The van der Waals surface area contributed by atoms with Gasteiger partial charge in [-0.2, -0.15) is 0 Å². The molecule has 0 saturated carbocycles. The van der Waals surface area contributed by atoms with Crippen LogP contribution in [0, 0.1) is 0 Å². The molecule has 0 aromatic carbocycles. The zero-order valence-corrected chi connectivity index (χ0v) is 7.88. The molecule has 0 spiro atoms. The summed E-state index contributed by atoms with van der Waals surface area (Å²) in [6.07, 6.45) is 9.71. The Labute approximate surface area is 70.4 Å². The average Bonchev–Trinajstić information content (AvgIpc) is 2.04. The molecule has 0 aliphatic rings. The van der Waals surface area contributed by atoms with E-state index < -0.39 is 0 Å². The fraction of sp³-hybridized carbons (Fsp3) is 0.600. The molecular formula is C10H19N. The van der Waals surface area contributed by atoms with Crippen LogP contribution < -0.4 is 0 Å². The van der Waals surface area contributed by atoms with Crippen molar-refractivity contribution >= 4 is 0 Å². The molecule has 0 radical (unpaired) electrons. The van der Waals surface area contributed by atoms with Crippen LogP contribution in [0.3, 0.4) is 0 Å². The van der Waals surface area contributed by atoms with E-state index in [4.69, 9.17) is 0 Å². The van der Waals surface area contributed by atoms with Gasteiger partial charge in [0, 0.05) is 6.54 Å². The number of likely N-dealkylation sites (N-methyl/N-ethyl adjacent to an activating group) is 1. The Kier molecular flexibility index (Phi) is 7.16. The van der Waals surface area contributed by atoms with Crippen molar-refractivity contribution in [1.29, 1.82) is 0 Å². The molecule has 0 aromatic rings. The summed E-state index contributed by atoms with van der Waals surface area (Å²) < 4.78 is 0. The predicted octanol–water partition coefficient (Wildman–Crippen LogP) is 2.46. The van der Waals surface area contributed by atoms with Crippen molar-refractivity contribution < 1.29 is 0 Å². The quantitative estimate of drug-likeness (QED) is 0.548. The van der Waals surface area contributed by atoms with Gasteiger partial charge in [-0.15, -0.1) is 0 Å². The van der Waals surface area contributed by atoms with E-state index >= 15 is 0 Å². The molecule has 0 aromatic heterocycles. The Morgan fingerprint density at radius 3 is 2.45 bits per heavy atom. The molecule has 64 valence electrons. The fourth-order valence-electron chi connectivity index (χ4n) is 0.694. The van der Waals surface area contributed by atoms with Gasteiger partial charge in [0.15, 0.2) is 0 Å². The third-order valence-electron chi connectivity index (χ3n) is 1.63. The van der Waals surface area contributed by atoms with Crippen molar-refractivity contribution in [3.05, 3.63) is 24.3 Å². The molecule has 0 unspecified atom stereocenters. The third-order valence-corrected chi connectivity index (χ3v) is 1.63. The second kappa shape index (κ2) is 7.55. The van der Waals surface area contributed by atoms with Crippen molar-refractivity contribution in [2.45, 2.75) is 20.3 Å². The second-order valence-corrected chi connectivity index (χ2v) is 2.63. The lowest BCUT2D eigenvalue weighted by molar-refractivity contribution is 0.392. The van der Waals surface area contributed by atoms with E-state index in [-0.39, 0.29) is 0 Å². The number of hydrogen-bond donors (Lipinski definition) is 0. The highest BCUT2D eigenvalue weighted by Crippen LogP contribution is 1.87. The van der Waals surface area contributed by atoms with Gasteiger partial charge in [-0.25, -0.2) is 0 Å². The van der Waals surface area contributed by atoms with Gasteiger partial charge in [-0.05, 0) is 26.9 Å². The molecule has 0 N–H and O–H groups in total. The molecule has 0 bridgehead atoms. The summed E-state index contributed by atoms with van der Waals surface area (Å²) in [5.74, 6) is 0. The lowest BCUT2D eigenvalue weighted by atomic mass is 10.3. The summed E-state index contributed by atoms with van der Waals surface area (Å²) in [6, 6.07) is 0. The van der Waals surface area contributed by atoms with Crippen molar-refractivity contribution in [1.82, 2.24) is 4.90 Å². The van der Waals surface area contributed by atoms with Gasteiger partial charge in [0.1, 0.15) is 0 Å². The second-order valence-electron chi connectivity index (χ2n) is 2.63. The van der Waals surface area contributed by atoms with Crippen LogP contribution in [-0.2, 0) is 0 Å². The van der Waals surface area contributed by atoms with Crippen LogP contribution in [0.1, 0.15) is 20.3 Å². The van der Waals surface area contributed by atoms with Gasteiger partial charge in [0.05, 0.1) is 0 Å². The molecule has 0 heterocycles. The summed E-state index contributed by atoms with van der Waals surface area (Å²) in [4.78, 5) is 2.27. The topological polar surface area (TPSA) is 3.24 Å². The molecule has 1 heteroatoms. The average molecular weight is 153 g/mol. The highest BCUT2D eigenvalue weighted by molar-refractivity contribution is 4.92. The highest BCUT2D eigenvalue weighted by atomic mass is 15.1. The molecule has 11 heavy (non-hydrogen) atoms. The molecule has 0 aliphatic heterocycles. The van der Waals surface area contributed by atoms with E-state index in [1.807, 2.05) is 6.92 Å². The van der Waals surface area contributed by atoms with Crippen LogP contribution in [0.5, 0.6) is 0 Å². The lowest BCUT2D eigenvalue weighted by Crippen LogP contribution is -2.16. The Bertz CT molecular complexity index is 125. The Hall–Kier alpha value is -0.560. The smallest absolute Gasteiger partial charge is 0.0160 e. The number of nitrogens with zero attached hydrogens (tertiary/aromatic N) is 1.